The van der Waals surface area contributed by atoms with E-state index in [0.717, 1.165) is 27.6 Å². The van der Waals surface area contributed by atoms with E-state index in [1.54, 1.807) is 11.8 Å². The van der Waals surface area contributed by atoms with Crippen LogP contribution < -0.4 is 5.32 Å². The van der Waals surface area contributed by atoms with Crippen molar-refractivity contribution in [2.75, 3.05) is 17.6 Å². The lowest BCUT2D eigenvalue weighted by molar-refractivity contribution is 0.565. The Bertz CT molecular complexity index is 555. The number of halogens is 1. The number of rotatable bonds is 6. The highest BCUT2D eigenvalue weighted by molar-refractivity contribution is 9.10. The molecule has 0 spiro atoms. The summed E-state index contributed by atoms with van der Waals surface area (Å²) < 4.78 is 3.03. The molecule has 1 saturated carbocycles. The second-order valence-corrected chi connectivity index (χ2v) is 6.40. The van der Waals surface area contributed by atoms with Crippen LogP contribution in [0.2, 0.25) is 0 Å². The van der Waals surface area contributed by atoms with Crippen molar-refractivity contribution in [3.8, 4) is 0 Å². The summed E-state index contributed by atoms with van der Waals surface area (Å²) in [5.74, 6) is 0.944. The van der Waals surface area contributed by atoms with Gasteiger partial charge in [-0.15, -0.1) is 5.10 Å². The molecule has 19 heavy (non-hydrogen) atoms. The van der Waals surface area contributed by atoms with Gasteiger partial charge in [0.1, 0.15) is 0 Å². The third-order valence-electron chi connectivity index (χ3n) is 2.84. The van der Waals surface area contributed by atoms with Crippen molar-refractivity contribution in [2.24, 2.45) is 0 Å². The predicted molar refractivity (Wildman–Crippen MR) is 79.4 cm³/mol. The molecule has 0 bridgehead atoms. The number of aromatic nitrogens is 4. The number of hydrogen-bond acceptors (Lipinski definition) is 5. The number of thioether (sulfide) groups is 1. The largest absolute Gasteiger partial charge is 0.384 e. The SMILES string of the molecule is Brc1cccc(NCCSc2nnnn2C2CC2)c1. The van der Waals surface area contributed by atoms with Crippen LogP contribution in [0.5, 0.6) is 0 Å². The first-order valence-electron chi connectivity index (χ1n) is 6.23. The molecule has 0 radical (unpaired) electrons. The van der Waals surface area contributed by atoms with Gasteiger partial charge in [0.15, 0.2) is 0 Å². The lowest BCUT2D eigenvalue weighted by Gasteiger charge is -2.06. The standard InChI is InChI=1S/C12H14BrN5S/c13-9-2-1-3-10(8-9)14-6-7-19-12-15-16-17-18(12)11-4-5-11/h1-3,8,11,14H,4-7H2. The van der Waals surface area contributed by atoms with E-state index in [4.69, 9.17) is 0 Å². The van der Waals surface area contributed by atoms with Crippen molar-refractivity contribution >= 4 is 33.4 Å². The normalized spacial score (nSPS) is 14.6. The molecule has 1 aliphatic carbocycles. The fourth-order valence-electron chi connectivity index (χ4n) is 1.76. The molecule has 100 valence electrons. The zero-order valence-electron chi connectivity index (χ0n) is 10.3. The van der Waals surface area contributed by atoms with E-state index < -0.39 is 0 Å². The number of anilines is 1. The molecule has 0 atom stereocenters. The van der Waals surface area contributed by atoms with E-state index >= 15 is 0 Å². The van der Waals surface area contributed by atoms with Crippen LogP contribution in [0, 0.1) is 0 Å². The molecule has 1 N–H and O–H groups in total. The van der Waals surface area contributed by atoms with Crippen LogP contribution in [0.4, 0.5) is 5.69 Å². The van der Waals surface area contributed by atoms with Gasteiger partial charge >= 0.3 is 0 Å². The van der Waals surface area contributed by atoms with Gasteiger partial charge in [0.2, 0.25) is 5.16 Å². The van der Waals surface area contributed by atoms with E-state index in [0.29, 0.717) is 6.04 Å². The molecule has 0 saturated heterocycles. The molecule has 3 rings (SSSR count). The molecule has 0 aliphatic heterocycles. The minimum Gasteiger partial charge on any atom is -0.384 e. The van der Waals surface area contributed by atoms with E-state index in [2.05, 4.69) is 48.9 Å². The number of nitrogens with one attached hydrogen (secondary N) is 1. The van der Waals surface area contributed by atoms with Gasteiger partial charge in [-0.1, -0.05) is 33.8 Å². The topological polar surface area (TPSA) is 55.6 Å². The van der Waals surface area contributed by atoms with Crippen molar-refractivity contribution in [1.82, 2.24) is 20.2 Å². The van der Waals surface area contributed by atoms with Crippen LogP contribution in [0.25, 0.3) is 0 Å². The van der Waals surface area contributed by atoms with Crippen LogP contribution in [-0.2, 0) is 0 Å². The van der Waals surface area contributed by atoms with Gasteiger partial charge in [0.05, 0.1) is 6.04 Å². The first kappa shape index (κ1) is 12.9. The highest BCUT2D eigenvalue weighted by atomic mass is 79.9. The Morgan fingerprint density at radius 3 is 3.11 bits per heavy atom. The van der Waals surface area contributed by atoms with Gasteiger partial charge in [-0.3, -0.25) is 0 Å². The second kappa shape index (κ2) is 5.92. The average molecular weight is 340 g/mol. The molecule has 1 heterocycles. The Kier molecular flexibility index (Phi) is 4.03. The molecule has 0 amide bonds. The van der Waals surface area contributed by atoms with E-state index in [9.17, 15) is 0 Å². The Balaban J connectivity index is 1.46. The van der Waals surface area contributed by atoms with Gasteiger partial charge in [-0.05, 0) is 41.5 Å². The van der Waals surface area contributed by atoms with E-state index in [1.165, 1.54) is 12.8 Å². The summed E-state index contributed by atoms with van der Waals surface area (Å²) in [4.78, 5) is 0. The third kappa shape index (κ3) is 3.48. The monoisotopic (exact) mass is 339 g/mol. The smallest absolute Gasteiger partial charge is 0.209 e. The predicted octanol–water partition coefficient (Wildman–Crippen LogP) is 2.97. The van der Waals surface area contributed by atoms with Crippen LogP contribution in [0.3, 0.4) is 0 Å². The fourth-order valence-corrected chi connectivity index (χ4v) is 2.96. The summed E-state index contributed by atoms with van der Waals surface area (Å²) in [6.45, 7) is 0.888. The molecule has 0 unspecified atom stereocenters. The minimum absolute atomic E-state index is 0.538. The molecular weight excluding hydrogens is 326 g/mol. The molecule has 1 aromatic carbocycles. The van der Waals surface area contributed by atoms with Crippen LogP contribution in [0.1, 0.15) is 18.9 Å². The third-order valence-corrected chi connectivity index (χ3v) is 4.27. The van der Waals surface area contributed by atoms with Gasteiger partial charge in [-0.25, -0.2) is 4.68 Å². The molecule has 2 aromatic rings. The maximum Gasteiger partial charge on any atom is 0.209 e. The molecule has 1 aliphatic rings. The Labute approximate surface area is 124 Å². The van der Waals surface area contributed by atoms with Crippen molar-refractivity contribution in [1.29, 1.82) is 0 Å². The van der Waals surface area contributed by atoms with Crippen LogP contribution in [0.15, 0.2) is 33.9 Å². The molecule has 1 aromatic heterocycles. The highest BCUT2D eigenvalue weighted by Gasteiger charge is 2.27. The molecule has 7 heteroatoms. The summed E-state index contributed by atoms with van der Waals surface area (Å²) in [6.07, 6.45) is 2.41. The first-order valence-corrected chi connectivity index (χ1v) is 8.01. The molecular formula is C12H14BrN5S. The van der Waals surface area contributed by atoms with Gasteiger partial charge < -0.3 is 5.32 Å². The van der Waals surface area contributed by atoms with Crippen molar-refractivity contribution in [3.05, 3.63) is 28.7 Å². The average Bonchev–Trinajstić information content (AvgIpc) is 3.14. The maximum absolute atomic E-state index is 4.07. The Morgan fingerprint density at radius 1 is 1.42 bits per heavy atom. The zero-order chi connectivity index (χ0) is 13.1. The van der Waals surface area contributed by atoms with Gasteiger partial charge in [0.25, 0.3) is 0 Å². The Hall–Kier alpha value is -1.08. The summed E-state index contributed by atoms with van der Waals surface area (Å²) >= 11 is 5.16. The number of nitrogens with zero attached hydrogens (tertiary/aromatic N) is 4. The summed E-state index contributed by atoms with van der Waals surface area (Å²) in [7, 11) is 0. The summed E-state index contributed by atoms with van der Waals surface area (Å²) in [6, 6.07) is 8.70. The number of benzene rings is 1. The van der Waals surface area contributed by atoms with Crippen LogP contribution in [-0.4, -0.2) is 32.5 Å². The van der Waals surface area contributed by atoms with Crippen molar-refractivity contribution in [3.63, 3.8) is 0 Å². The Morgan fingerprint density at radius 2 is 2.32 bits per heavy atom. The van der Waals surface area contributed by atoms with Crippen molar-refractivity contribution in [2.45, 2.75) is 24.0 Å². The summed E-state index contributed by atoms with van der Waals surface area (Å²) in [5, 5.41) is 16.2. The van der Waals surface area contributed by atoms with E-state index in [-0.39, 0.29) is 0 Å². The molecule has 5 nitrogen and oxygen atoms in total. The molecule has 1 fully saturated rings. The van der Waals surface area contributed by atoms with Gasteiger partial charge in [0, 0.05) is 22.5 Å². The highest BCUT2D eigenvalue weighted by Crippen LogP contribution is 2.36. The number of tetrazole rings is 1. The minimum atomic E-state index is 0.538. The second-order valence-electron chi connectivity index (χ2n) is 4.42. The lowest BCUT2D eigenvalue weighted by Crippen LogP contribution is -2.05. The van der Waals surface area contributed by atoms with Crippen LogP contribution >= 0.6 is 27.7 Å². The first-order chi connectivity index (χ1) is 9.33. The fraction of sp³-hybridized carbons (Fsp3) is 0.417. The number of hydrogen-bond donors (Lipinski definition) is 1. The summed E-state index contributed by atoms with van der Waals surface area (Å²) in [5.41, 5.74) is 1.12. The van der Waals surface area contributed by atoms with Gasteiger partial charge in [-0.2, -0.15) is 0 Å². The van der Waals surface area contributed by atoms with E-state index in [1.807, 2.05) is 16.8 Å². The van der Waals surface area contributed by atoms with Crippen molar-refractivity contribution < 1.29 is 0 Å². The lowest BCUT2D eigenvalue weighted by atomic mass is 10.3. The zero-order valence-corrected chi connectivity index (χ0v) is 12.7. The quantitative estimate of drug-likeness (QED) is 0.647. The maximum atomic E-state index is 4.07.